The minimum absolute atomic E-state index is 0.0790. The van der Waals surface area contributed by atoms with E-state index in [2.05, 4.69) is 20.9 Å². The quantitative estimate of drug-likeness (QED) is 0.0880. The fourth-order valence-electron chi connectivity index (χ4n) is 3.74. The van der Waals surface area contributed by atoms with Gasteiger partial charge in [0.05, 0.1) is 6.04 Å². The molecule has 210 valence electrons. The molecule has 0 saturated carbocycles. The maximum Gasteiger partial charge on any atom is 0.326 e. The Morgan fingerprint density at radius 1 is 0.795 bits per heavy atom. The number of rotatable bonds is 15. The first-order valence-corrected chi connectivity index (χ1v) is 12.6. The zero-order chi connectivity index (χ0) is 28.8. The van der Waals surface area contributed by atoms with Crippen molar-refractivity contribution < 1.29 is 24.3 Å². The molecule has 12 nitrogen and oxygen atoms in total. The molecule has 4 unspecified atom stereocenters. The molecule has 12 heteroatoms. The molecule has 10 N–H and O–H groups in total. The highest BCUT2D eigenvalue weighted by Crippen LogP contribution is 2.07. The highest BCUT2D eigenvalue weighted by Gasteiger charge is 2.29. The maximum atomic E-state index is 13.1. The Bertz CT molecular complexity index is 1120. The molecule has 2 aromatic rings. The van der Waals surface area contributed by atoms with Gasteiger partial charge in [-0.15, -0.1) is 0 Å². The fraction of sp³-hybridized carbons (Fsp3) is 0.370. The first-order chi connectivity index (χ1) is 18.6. The molecule has 0 fully saturated rings. The number of nitrogens with one attached hydrogen (secondary N) is 3. The van der Waals surface area contributed by atoms with Crippen LogP contribution in [-0.4, -0.2) is 65.5 Å². The Kier molecular flexibility index (Phi) is 12.4. The van der Waals surface area contributed by atoms with Crippen LogP contribution in [0.25, 0.3) is 0 Å². The predicted octanol–water partition coefficient (Wildman–Crippen LogP) is -0.588. The lowest BCUT2D eigenvalue weighted by Crippen LogP contribution is -2.57. The molecular formula is C27H37N7O5. The molecule has 4 atom stereocenters. The number of carboxylic acids is 1. The summed E-state index contributed by atoms with van der Waals surface area (Å²) in [6.07, 6.45) is 0.791. The lowest BCUT2D eigenvalue weighted by Gasteiger charge is -2.24. The van der Waals surface area contributed by atoms with Crippen molar-refractivity contribution in [2.75, 3.05) is 6.54 Å². The molecule has 0 spiro atoms. The first kappa shape index (κ1) is 30.8. The van der Waals surface area contributed by atoms with Crippen LogP contribution >= 0.6 is 0 Å². The molecule has 0 bridgehead atoms. The van der Waals surface area contributed by atoms with Crippen LogP contribution in [0.2, 0.25) is 0 Å². The molecule has 0 radical (unpaired) electrons. The SMILES string of the molecule is CC(NC(=O)C(N)Cc1ccccc1)C(=O)NC(Cc1ccccc1)C(=O)NC(CCCN=C(N)N)C(=O)O. The highest BCUT2D eigenvalue weighted by molar-refractivity contribution is 5.94. The molecule has 0 aliphatic rings. The summed E-state index contributed by atoms with van der Waals surface area (Å²) < 4.78 is 0. The number of carbonyl (C=O) groups excluding carboxylic acids is 3. The molecule has 0 saturated heterocycles. The third-order valence-corrected chi connectivity index (χ3v) is 5.86. The van der Waals surface area contributed by atoms with Crippen molar-refractivity contribution >= 4 is 29.7 Å². The van der Waals surface area contributed by atoms with Gasteiger partial charge in [0.2, 0.25) is 17.7 Å². The number of benzene rings is 2. The minimum Gasteiger partial charge on any atom is -0.480 e. The Balaban J connectivity index is 2.05. The number of aliphatic imine (C=N–C) groups is 1. The van der Waals surface area contributed by atoms with Crippen molar-refractivity contribution in [3.8, 4) is 0 Å². The molecule has 3 amide bonds. The van der Waals surface area contributed by atoms with Gasteiger partial charge in [0.25, 0.3) is 0 Å². The molecule has 0 heterocycles. The van der Waals surface area contributed by atoms with E-state index < -0.39 is 47.9 Å². The van der Waals surface area contributed by atoms with Gasteiger partial charge in [0, 0.05) is 13.0 Å². The van der Waals surface area contributed by atoms with Crippen LogP contribution in [0.3, 0.4) is 0 Å². The molecule has 0 aliphatic heterocycles. The summed E-state index contributed by atoms with van der Waals surface area (Å²) in [6, 6.07) is 14.0. The summed E-state index contributed by atoms with van der Waals surface area (Å²) in [5.74, 6) is -3.16. The lowest BCUT2D eigenvalue weighted by molar-refractivity contribution is -0.142. The zero-order valence-corrected chi connectivity index (χ0v) is 21.9. The van der Waals surface area contributed by atoms with Crippen molar-refractivity contribution in [3.05, 3.63) is 71.8 Å². The summed E-state index contributed by atoms with van der Waals surface area (Å²) in [4.78, 5) is 54.2. The van der Waals surface area contributed by atoms with Gasteiger partial charge in [-0.25, -0.2) is 4.79 Å². The molecular weight excluding hydrogens is 502 g/mol. The van der Waals surface area contributed by atoms with E-state index in [1.807, 2.05) is 36.4 Å². The van der Waals surface area contributed by atoms with Gasteiger partial charge in [0.15, 0.2) is 5.96 Å². The molecule has 0 aromatic heterocycles. The highest BCUT2D eigenvalue weighted by atomic mass is 16.4. The smallest absolute Gasteiger partial charge is 0.326 e. The fourth-order valence-corrected chi connectivity index (χ4v) is 3.74. The normalized spacial score (nSPS) is 13.7. The lowest BCUT2D eigenvalue weighted by atomic mass is 10.0. The van der Waals surface area contributed by atoms with Crippen molar-refractivity contribution in [1.29, 1.82) is 0 Å². The number of guanidine groups is 1. The second-order valence-corrected chi connectivity index (χ2v) is 9.13. The number of nitrogens with zero attached hydrogens (tertiary/aromatic N) is 1. The summed E-state index contributed by atoms with van der Waals surface area (Å²) in [5, 5.41) is 17.3. The van der Waals surface area contributed by atoms with Gasteiger partial charge in [0.1, 0.15) is 18.1 Å². The summed E-state index contributed by atoms with van der Waals surface area (Å²) in [7, 11) is 0. The minimum atomic E-state index is -1.23. The van der Waals surface area contributed by atoms with Gasteiger partial charge in [-0.2, -0.15) is 0 Å². The number of hydrogen-bond acceptors (Lipinski definition) is 6. The average molecular weight is 540 g/mol. The monoisotopic (exact) mass is 539 g/mol. The van der Waals surface area contributed by atoms with Crippen molar-refractivity contribution in [2.45, 2.75) is 56.8 Å². The van der Waals surface area contributed by atoms with E-state index >= 15 is 0 Å². The summed E-state index contributed by atoms with van der Waals surface area (Å²) in [5.41, 5.74) is 18.2. The second-order valence-electron chi connectivity index (χ2n) is 9.13. The average Bonchev–Trinajstić information content (AvgIpc) is 2.90. The Morgan fingerprint density at radius 2 is 1.33 bits per heavy atom. The van der Waals surface area contributed by atoms with Gasteiger partial charge >= 0.3 is 5.97 Å². The Morgan fingerprint density at radius 3 is 1.87 bits per heavy atom. The van der Waals surface area contributed by atoms with Crippen LogP contribution in [0.15, 0.2) is 65.7 Å². The van der Waals surface area contributed by atoms with E-state index in [-0.39, 0.29) is 25.3 Å². The standard InChI is InChI=1S/C27H37N7O5/c1-17(32-24(36)20(28)15-18-9-4-2-5-10-18)23(35)34-22(16-19-11-6-3-7-12-19)25(37)33-21(26(38)39)13-8-14-31-27(29)30/h2-7,9-12,17,20-22H,8,13-16,28H2,1H3,(H,32,36)(H,33,37)(H,34,35)(H,38,39)(H4,29,30,31). The second kappa shape index (κ2) is 15.7. The van der Waals surface area contributed by atoms with Crippen LogP contribution in [0, 0.1) is 0 Å². The van der Waals surface area contributed by atoms with E-state index in [0.29, 0.717) is 12.8 Å². The zero-order valence-electron chi connectivity index (χ0n) is 21.9. The molecule has 0 aliphatic carbocycles. The maximum absolute atomic E-state index is 13.1. The van der Waals surface area contributed by atoms with Gasteiger partial charge < -0.3 is 38.3 Å². The third-order valence-electron chi connectivity index (χ3n) is 5.86. The number of hydrogen-bond donors (Lipinski definition) is 7. The predicted molar refractivity (Wildman–Crippen MR) is 147 cm³/mol. The van der Waals surface area contributed by atoms with Crippen LogP contribution in [-0.2, 0) is 32.0 Å². The summed E-state index contributed by atoms with van der Waals surface area (Å²) in [6.45, 7) is 1.68. The van der Waals surface area contributed by atoms with Gasteiger partial charge in [-0.3, -0.25) is 19.4 Å². The van der Waals surface area contributed by atoms with Crippen molar-refractivity contribution in [1.82, 2.24) is 16.0 Å². The molecule has 2 aromatic carbocycles. The van der Waals surface area contributed by atoms with Crippen molar-refractivity contribution in [3.63, 3.8) is 0 Å². The van der Waals surface area contributed by atoms with Gasteiger partial charge in [-0.1, -0.05) is 60.7 Å². The van der Waals surface area contributed by atoms with E-state index in [1.165, 1.54) is 6.92 Å². The summed E-state index contributed by atoms with van der Waals surface area (Å²) >= 11 is 0. The Labute approximate surface area is 227 Å². The molecule has 2 rings (SSSR count). The van der Waals surface area contributed by atoms with E-state index in [9.17, 15) is 24.3 Å². The van der Waals surface area contributed by atoms with Crippen molar-refractivity contribution in [2.24, 2.45) is 22.2 Å². The van der Waals surface area contributed by atoms with Gasteiger partial charge in [-0.05, 0) is 37.3 Å². The van der Waals surface area contributed by atoms with E-state index in [0.717, 1.165) is 11.1 Å². The number of carbonyl (C=O) groups is 4. The Hall–Kier alpha value is -4.45. The van der Waals surface area contributed by atoms with E-state index in [1.54, 1.807) is 24.3 Å². The topological polar surface area (TPSA) is 215 Å². The first-order valence-electron chi connectivity index (χ1n) is 12.6. The van der Waals surface area contributed by atoms with Crippen LogP contribution < -0.4 is 33.2 Å². The van der Waals surface area contributed by atoms with Crippen LogP contribution in [0.4, 0.5) is 0 Å². The number of amides is 3. The third kappa shape index (κ3) is 11.2. The number of nitrogens with two attached hydrogens (primary N) is 3. The number of aliphatic carboxylic acids is 1. The number of carboxylic acid groups (broad SMARTS) is 1. The van der Waals surface area contributed by atoms with Crippen LogP contribution in [0.5, 0.6) is 0 Å². The van der Waals surface area contributed by atoms with E-state index in [4.69, 9.17) is 17.2 Å². The largest absolute Gasteiger partial charge is 0.480 e. The van der Waals surface area contributed by atoms with Crippen LogP contribution in [0.1, 0.15) is 30.9 Å². The molecule has 39 heavy (non-hydrogen) atoms.